The third-order valence-corrected chi connectivity index (χ3v) is 4.01. The van der Waals surface area contributed by atoms with Crippen LogP contribution in [0.4, 0.5) is 10.2 Å². The fourth-order valence-electron chi connectivity index (χ4n) is 2.84. The van der Waals surface area contributed by atoms with E-state index in [9.17, 15) is 14.4 Å². The van der Waals surface area contributed by atoms with Gasteiger partial charge in [0, 0.05) is 22.2 Å². The van der Waals surface area contributed by atoms with E-state index in [4.69, 9.17) is 0 Å². The van der Waals surface area contributed by atoms with Crippen LogP contribution in [0, 0.1) is 5.92 Å². The SMILES string of the molecule is CCCCCC(CC(=O)OF)C1(O)C=Nc2ccccc21. The molecule has 1 aliphatic rings. The summed E-state index contributed by atoms with van der Waals surface area (Å²) in [6.07, 6.45) is 4.79. The van der Waals surface area contributed by atoms with Crippen molar-refractivity contribution in [1.82, 2.24) is 0 Å². The molecule has 4 nitrogen and oxygen atoms in total. The average molecular weight is 293 g/mol. The van der Waals surface area contributed by atoms with Crippen molar-refractivity contribution in [2.24, 2.45) is 10.9 Å². The lowest BCUT2D eigenvalue weighted by Gasteiger charge is -2.30. The van der Waals surface area contributed by atoms with Gasteiger partial charge in [-0.1, -0.05) is 44.4 Å². The zero-order chi connectivity index (χ0) is 15.3. The molecule has 2 unspecified atom stereocenters. The molecule has 1 aromatic carbocycles. The van der Waals surface area contributed by atoms with Gasteiger partial charge in [-0.3, -0.25) is 9.93 Å². The second-order valence-electron chi connectivity index (χ2n) is 5.45. The quantitative estimate of drug-likeness (QED) is 0.781. The Labute approximate surface area is 123 Å². The van der Waals surface area contributed by atoms with Crippen LogP contribution in [0.25, 0.3) is 0 Å². The Morgan fingerprint density at radius 1 is 1.43 bits per heavy atom. The predicted molar refractivity (Wildman–Crippen MR) is 77.9 cm³/mol. The van der Waals surface area contributed by atoms with Crippen LogP contribution in [-0.4, -0.2) is 17.3 Å². The van der Waals surface area contributed by atoms with E-state index in [0.29, 0.717) is 17.7 Å². The van der Waals surface area contributed by atoms with E-state index in [0.717, 1.165) is 19.3 Å². The first-order valence-corrected chi connectivity index (χ1v) is 7.30. The van der Waals surface area contributed by atoms with Crippen molar-refractivity contribution in [2.45, 2.75) is 44.6 Å². The fourth-order valence-corrected chi connectivity index (χ4v) is 2.84. The number of unbranched alkanes of at least 4 members (excludes halogenated alkanes) is 2. The lowest BCUT2D eigenvalue weighted by Crippen LogP contribution is -2.36. The first-order valence-electron chi connectivity index (χ1n) is 7.30. The molecule has 0 amide bonds. The van der Waals surface area contributed by atoms with E-state index in [2.05, 4.69) is 16.9 Å². The van der Waals surface area contributed by atoms with Gasteiger partial charge in [0.2, 0.25) is 0 Å². The molecule has 1 heterocycles. The standard InChI is InChI=1S/C16H20FNO3/c1-2-3-4-7-12(10-15(19)21-17)16(20)11-18-14-9-6-5-8-13(14)16/h5-6,8-9,11-12,20H,2-4,7,10H2,1H3. The number of aliphatic imine (C=N–C) groups is 1. The van der Waals surface area contributed by atoms with Crippen LogP contribution in [0.5, 0.6) is 0 Å². The summed E-state index contributed by atoms with van der Waals surface area (Å²) in [7, 11) is 0. The highest BCUT2D eigenvalue weighted by Crippen LogP contribution is 2.43. The first kappa shape index (κ1) is 15.6. The van der Waals surface area contributed by atoms with Crippen molar-refractivity contribution in [2.75, 3.05) is 0 Å². The van der Waals surface area contributed by atoms with E-state index in [1.54, 1.807) is 12.1 Å². The number of hydrogen-bond donors (Lipinski definition) is 1. The van der Waals surface area contributed by atoms with Crippen molar-refractivity contribution in [3.63, 3.8) is 0 Å². The number of halogens is 1. The molecule has 1 aromatic rings. The molecule has 5 heteroatoms. The molecular weight excluding hydrogens is 273 g/mol. The Kier molecular flexibility index (Phi) is 5.07. The van der Waals surface area contributed by atoms with E-state index < -0.39 is 17.5 Å². The van der Waals surface area contributed by atoms with E-state index in [1.807, 2.05) is 12.1 Å². The monoisotopic (exact) mass is 293 g/mol. The normalized spacial score (nSPS) is 21.1. The summed E-state index contributed by atoms with van der Waals surface area (Å²) < 4.78 is 12.1. The number of rotatable bonds is 7. The number of benzene rings is 1. The number of fused-ring (bicyclic) bond motifs is 1. The number of aliphatic hydroxyl groups is 1. The largest absolute Gasteiger partial charge is 0.379 e. The van der Waals surface area contributed by atoms with Crippen LogP contribution in [-0.2, 0) is 15.3 Å². The summed E-state index contributed by atoms with van der Waals surface area (Å²) in [5.74, 6) is -1.40. The summed E-state index contributed by atoms with van der Waals surface area (Å²) in [5.41, 5.74) is 0.0192. The van der Waals surface area contributed by atoms with Crippen LogP contribution in [0.3, 0.4) is 0 Å². The Morgan fingerprint density at radius 3 is 2.90 bits per heavy atom. The molecule has 1 N–H and O–H groups in total. The van der Waals surface area contributed by atoms with E-state index in [-0.39, 0.29) is 6.42 Å². The van der Waals surface area contributed by atoms with Crippen molar-refractivity contribution >= 4 is 17.9 Å². The zero-order valence-electron chi connectivity index (χ0n) is 12.1. The lowest BCUT2D eigenvalue weighted by molar-refractivity contribution is -0.186. The van der Waals surface area contributed by atoms with Gasteiger partial charge >= 0.3 is 5.97 Å². The first-order chi connectivity index (χ1) is 10.1. The highest BCUT2D eigenvalue weighted by Gasteiger charge is 2.42. The molecule has 0 aromatic heterocycles. The molecule has 0 bridgehead atoms. The second-order valence-corrected chi connectivity index (χ2v) is 5.45. The van der Waals surface area contributed by atoms with Gasteiger partial charge in [0.15, 0.2) is 0 Å². The molecule has 2 rings (SSSR count). The van der Waals surface area contributed by atoms with Crippen molar-refractivity contribution < 1.29 is 19.4 Å². The fraction of sp³-hybridized carbons (Fsp3) is 0.500. The maximum Gasteiger partial charge on any atom is 0.349 e. The topological polar surface area (TPSA) is 58.9 Å². The summed E-state index contributed by atoms with van der Waals surface area (Å²) in [4.78, 5) is 18.8. The number of nitrogens with zero attached hydrogens (tertiary/aromatic N) is 1. The van der Waals surface area contributed by atoms with Crippen LogP contribution < -0.4 is 0 Å². The van der Waals surface area contributed by atoms with Gasteiger partial charge in [0.1, 0.15) is 5.60 Å². The van der Waals surface area contributed by atoms with Gasteiger partial charge in [-0.25, -0.2) is 4.79 Å². The molecule has 0 radical (unpaired) electrons. The molecule has 0 spiro atoms. The lowest BCUT2D eigenvalue weighted by atomic mass is 9.78. The summed E-state index contributed by atoms with van der Waals surface area (Å²) in [6.45, 7) is 2.08. The smallest absolute Gasteiger partial charge is 0.349 e. The molecular formula is C16H20FNO3. The minimum Gasteiger partial charge on any atom is -0.379 e. The van der Waals surface area contributed by atoms with Crippen LogP contribution in [0.1, 0.15) is 44.6 Å². The van der Waals surface area contributed by atoms with Crippen molar-refractivity contribution in [3.05, 3.63) is 29.8 Å². The van der Waals surface area contributed by atoms with Gasteiger partial charge in [0.05, 0.1) is 12.1 Å². The minimum atomic E-state index is -1.33. The Morgan fingerprint density at radius 2 is 2.19 bits per heavy atom. The van der Waals surface area contributed by atoms with Gasteiger partial charge < -0.3 is 5.11 Å². The van der Waals surface area contributed by atoms with E-state index in [1.165, 1.54) is 6.21 Å². The number of carbonyl (C=O) groups excluding carboxylic acids is 1. The maximum atomic E-state index is 12.1. The number of hydrogen-bond acceptors (Lipinski definition) is 4. The molecule has 1 aliphatic heterocycles. The van der Waals surface area contributed by atoms with E-state index >= 15 is 0 Å². The zero-order valence-corrected chi connectivity index (χ0v) is 12.1. The third kappa shape index (κ3) is 3.29. The second kappa shape index (κ2) is 6.80. The van der Waals surface area contributed by atoms with Gasteiger partial charge in [0.25, 0.3) is 0 Å². The highest BCUT2D eigenvalue weighted by molar-refractivity contribution is 5.84. The molecule has 0 aliphatic carbocycles. The molecule has 2 atom stereocenters. The minimum absolute atomic E-state index is 0.170. The molecule has 114 valence electrons. The van der Waals surface area contributed by atoms with Crippen molar-refractivity contribution in [1.29, 1.82) is 0 Å². The predicted octanol–water partition coefficient (Wildman–Crippen LogP) is 3.60. The van der Waals surface area contributed by atoms with Gasteiger partial charge in [-0.15, -0.1) is 0 Å². The Bertz CT molecular complexity index is 532. The van der Waals surface area contributed by atoms with Gasteiger partial charge in [-0.05, 0) is 12.5 Å². The van der Waals surface area contributed by atoms with Gasteiger partial charge in [-0.2, -0.15) is 0 Å². The number of para-hydroxylation sites is 1. The van der Waals surface area contributed by atoms with Crippen LogP contribution >= 0.6 is 0 Å². The summed E-state index contributed by atoms with van der Waals surface area (Å²) >= 11 is 0. The van der Waals surface area contributed by atoms with Crippen LogP contribution in [0.15, 0.2) is 29.3 Å². The summed E-state index contributed by atoms with van der Waals surface area (Å²) in [5, 5.41) is 11.0. The van der Waals surface area contributed by atoms with Crippen molar-refractivity contribution in [3.8, 4) is 0 Å². The summed E-state index contributed by atoms with van der Waals surface area (Å²) in [6, 6.07) is 7.25. The van der Waals surface area contributed by atoms with Crippen LogP contribution in [0.2, 0.25) is 0 Å². The number of carbonyl (C=O) groups is 1. The highest BCUT2D eigenvalue weighted by atomic mass is 19.3. The molecule has 0 fully saturated rings. The maximum absolute atomic E-state index is 12.1. The molecule has 0 saturated carbocycles. The third-order valence-electron chi connectivity index (χ3n) is 4.01. The Hall–Kier alpha value is -1.75. The average Bonchev–Trinajstić information content (AvgIpc) is 2.85. The molecule has 0 saturated heterocycles. The Balaban J connectivity index is 2.23. The molecule has 21 heavy (non-hydrogen) atoms.